The molecular formula is C33H39F4N5O4S. The Hall–Kier alpha value is -3.36. The molecule has 14 heteroatoms. The molecule has 3 aromatic rings. The number of amides is 1. The number of carbonyl (C=O) groups excluding carboxylic acids is 1. The average Bonchev–Trinajstić information content (AvgIpc) is 3.19. The maximum atomic E-state index is 15.0. The van der Waals surface area contributed by atoms with Crippen LogP contribution < -0.4 is 10.6 Å². The van der Waals surface area contributed by atoms with Crippen molar-refractivity contribution in [1.82, 2.24) is 19.4 Å². The number of halogens is 4. The van der Waals surface area contributed by atoms with Crippen LogP contribution in [0.1, 0.15) is 40.2 Å². The van der Waals surface area contributed by atoms with Crippen LogP contribution in [0, 0.1) is 5.82 Å². The number of benzene rings is 2. The summed E-state index contributed by atoms with van der Waals surface area (Å²) in [5, 5.41) is 0.207. The third-order valence-electron chi connectivity index (χ3n) is 8.84. The molecule has 0 radical (unpaired) electrons. The van der Waals surface area contributed by atoms with Gasteiger partial charge in [-0.2, -0.15) is 18.2 Å². The Labute approximate surface area is 274 Å². The highest BCUT2D eigenvalue weighted by molar-refractivity contribution is 7.99. The minimum atomic E-state index is -4.76. The molecule has 0 saturated carbocycles. The van der Waals surface area contributed by atoms with E-state index in [1.165, 1.54) is 28.5 Å². The van der Waals surface area contributed by atoms with Crippen molar-refractivity contribution in [2.75, 3.05) is 50.0 Å². The van der Waals surface area contributed by atoms with Gasteiger partial charge in [0.25, 0.3) is 0 Å². The fourth-order valence-corrected chi connectivity index (χ4v) is 8.25. The Bertz CT molecular complexity index is 1710. The van der Waals surface area contributed by atoms with Crippen molar-refractivity contribution in [2.24, 2.45) is 0 Å². The number of ether oxygens (including phenoxy) is 2. The highest BCUT2D eigenvalue weighted by Gasteiger charge is 2.41. The lowest BCUT2D eigenvalue weighted by molar-refractivity contribution is -0.137. The number of thioether (sulfide) groups is 1. The van der Waals surface area contributed by atoms with Gasteiger partial charge in [-0.1, -0.05) is 12.1 Å². The van der Waals surface area contributed by atoms with E-state index < -0.39 is 34.9 Å². The molecule has 2 fully saturated rings. The first kappa shape index (κ1) is 33.5. The van der Waals surface area contributed by atoms with Crippen LogP contribution in [0.15, 0.2) is 40.0 Å². The second kappa shape index (κ2) is 12.6. The molecule has 0 bridgehead atoms. The smallest absolute Gasteiger partial charge is 0.417 e. The number of nitrogens with zero attached hydrogens (tertiary/aromatic N) is 5. The third kappa shape index (κ3) is 6.68. The van der Waals surface area contributed by atoms with Crippen molar-refractivity contribution in [1.29, 1.82) is 0 Å². The van der Waals surface area contributed by atoms with Crippen molar-refractivity contribution < 1.29 is 31.8 Å². The molecule has 3 atom stereocenters. The first-order valence-electron chi connectivity index (χ1n) is 15.8. The van der Waals surface area contributed by atoms with E-state index in [9.17, 15) is 14.0 Å². The van der Waals surface area contributed by atoms with Crippen LogP contribution in [0.5, 0.6) is 0 Å². The van der Waals surface area contributed by atoms with Gasteiger partial charge in [0.05, 0.1) is 36.4 Å². The summed E-state index contributed by atoms with van der Waals surface area (Å²) < 4.78 is 71.7. The lowest BCUT2D eigenvalue weighted by Gasteiger charge is -2.45. The molecule has 4 heterocycles. The van der Waals surface area contributed by atoms with E-state index in [2.05, 4.69) is 9.88 Å². The molecule has 2 aromatic carbocycles. The maximum Gasteiger partial charge on any atom is 0.417 e. The fourth-order valence-electron chi connectivity index (χ4n) is 6.85. The number of hydrogen-bond donors (Lipinski definition) is 0. The minimum Gasteiger partial charge on any atom is -0.444 e. The Morgan fingerprint density at radius 3 is 2.26 bits per heavy atom. The molecule has 47 heavy (non-hydrogen) atoms. The highest BCUT2D eigenvalue weighted by Crippen LogP contribution is 2.48. The van der Waals surface area contributed by atoms with E-state index in [0.29, 0.717) is 42.5 Å². The predicted molar refractivity (Wildman–Crippen MR) is 173 cm³/mol. The van der Waals surface area contributed by atoms with Crippen LogP contribution in [0.2, 0.25) is 0 Å². The van der Waals surface area contributed by atoms with Gasteiger partial charge in [-0.15, -0.1) is 11.8 Å². The van der Waals surface area contributed by atoms with Gasteiger partial charge in [0, 0.05) is 60.4 Å². The van der Waals surface area contributed by atoms with Crippen molar-refractivity contribution in [3.8, 4) is 11.1 Å². The summed E-state index contributed by atoms with van der Waals surface area (Å²) in [6, 6.07) is 5.13. The van der Waals surface area contributed by atoms with Gasteiger partial charge in [0.1, 0.15) is 17.2 Å². The number of anilines is 1. The van der Waals surface area contributed by atoms with E-state index in [-0.39, 0.29) is 60.1 Å². The summed E-state index contributed by atoms with van der Waals surface area (Å²) in [5.41, 5.74) is -1.65. The number of alkyl halides is 3. The zero-order valence-corrected chi connectivity index (χ0v) is 27.9. The normalized spacial score (nSPS) is 22.8. The number of carbonyl (C=O) groups is 1. The van der Waals surface area contributed by atoms with Gasteiger partial charge in [-0.3, -0.25) is 14.4 Å². The number of hydrogen-bond acceptors (Lipinski definition) is 8. The number of rotatable bonds is 3. The van der Waals surface area contributed by atoms with E-state index in [1.807, 2.05) is 13.8 Å². The second-order valence-corrected chi connectivity index (χ2v) is 14.5. The maximum absolute atomic E-state index is 15.0. The van der Waals surface area contributed by atoms with Crippen LogP contribution >= 0.6 is 11.8 Å². The number of aromatic nitrogens is 2. The monoisotopic (exact) mass is 677 g/mol. The molecule has 254 valence electrons. The van der Waals surface area contributed by atoms with Gasteiger partial charge in [-0.25, -0.2) is 14.0 Å². The summed E-state index contributed by atoms with van der Waals surface area (Å²) in [5.74, 6) is 0.0155. The van der Waals surface area contributed by atoms with Crippen molar-refractivity contribution in [3.63, 3.8) is 0 Å². The molecule has 0 aliphatic carbocycles. The number of piperazine rings is 1. The van der Waals surface area contributed by atoms with E-state index in [4.69, 9.17) is 9.47 Å². The molecule has 2 saturated heterocycles. The largest absolute Gasteiger partial charge is 0.444 e. The molecule has 0 unspecified atom stereocenters. The summed E-state index contributed by atoms with van der Waals surface area (Å²) in [4.78, 5) is 37.5. The first-order chi connectivity index (χ1) is 22.1. The molecule has 3 aliphatic rings. The van der Waals surface area contributed by atoms with Crippen LogP contribution in [-0.2, 0) is 22.2 Å². The lowest BCUT2D eigenvalue weighted by atomic mass is 9.96. The van der Waals surface area contributed by atoms with Crippen LogP contribution in [0.4, 0.5) is 28.2 Å². The van der Waals surface area contributed by atoms with Crippen LogP contribution in [0.25, 0.3) is 22.0 Å². The van der Waals surface area contributed by atoms with Crippen molar-refractivity contribution in [2.45, 2.75) is 76.0 Å². The Balaban J connectivity index is 1.53. The van der Waals surface area contributed by atoms with E-state index in [1.54, 1.807) is 30.6 Å². The summed E-state index contributed by atoms with van der Waals surface area (Å²) in [6.07, 6.45) is -5.24. The minimum absolute atomic E-state index is 0.0839. The molecule has 1 aromatic heterocycles. The Kier molecular flexibility index (Phi) is 8.98. The molecule has 9 nitrogen and oxygen atoms in total. The molecule has 3 aliphatic heterocycles. The van der Waals surface area contributed by atoms with Gasteiger partial charge in [0.2, 0.25) is 0 Å². The standard InChI is InChI=1S/C33H39F4N5O4S/c1-19-15-40(16-20(2)42(19)31(44)46-32(3,4)5)29-24-14-25(33(35,36)37)26(21-6-8-22(34)9-7-21)28-27(24)41(30(43)38-29)17-23(18-47-28)39-10-12-45-13-11-39/h6-9,14,19-20,23H,10-13,15-18H2,1-5H3/t19-,20+,23-/m0/s1. The van der Waals surface area contributed by atoms with Gasteiger partial charge in [0.15, 0.2) is 0 Å². The molecule has 6 rings (SSSR count). The molecule has 0 N–H and O–H groups in total. The van der Waals surface area contributed by atoms with Gasteiger partial charge >= 0.3 is 18.0 Å². The zero-order chi connectivity index (χ0) is 33.8. The summed E-state index contributed by atoms with van der Waals surface area (Å²) >= 11 is 1.28. The lowest BCUT2D eigenvalue weighted by Crippen LogP contribution is -2.59. The van der Waals surface area contributed by atoms with Gasteiger partial charge < -0.3 is 14.4 Å². The first-order valence-corrected chi connectivity index (χ1v) is 16.8. The molecule has 0 spiro atoms. The Morgan fingerprint density at radius 2 is 1.66 bits per heavy atom. The quantitative estimate of drug-likeness (QED) is 0.319. The van der Waals surface area contributed by atoms with E-state index in [0.717, 1.165) is 18.2 Å². The average molecular weight is 678 g/mol. The molecular weight excluding hydrogens is 638 g/mol. The van der Waals surface area contributed by atoms with Crippen LogP contribution in [-0.4, -0.2) is 94.3 Å². The topological polar surface area (TPSA) is 80.1 Å². The molecule has 1 amide bonds. The third-order valence-corrected chi connectivity index (χ3v) is 10.1. The van der Waals surface area contributed by atoms with Gasteiger partial charge in [-0.05, 0) is 58.4 Å². The predicted octanol–water partition coefficient (Wildman–Crippen LogP) is 5.86. The van der Waals surface area contributed by atoms with Crippen molar-refractivity contribution >= 4 is 34.6 Å². The second-order valence-electron chi connectivity index (χ2n) is 13.5. The summed E-state index contributed by atoms with van der Waals surface area (Å²) in [6.45, 7) is 12.1. The Morgan fingerprint density at radius 1 is 1.02 bits per heavy atom. The van der Waals surface area contributed by atoms with Crippen molar-refractivity contribution in [3.05, 3.63) is 52.2 Å². The fraction of sp³-hybridized carbons (Fsp3) is 0.545. The zero-order valence-electron chi connectivity index (χ0n) is 27.1. The van der Waals surface area contributed by atoms with Crippen LogP contribution in [0.3, 0.4) is 0 Å². The summed E-state index contributed by atoms with van der Waals surface area (Å²) in [7, 11) is 0. The number of morpholine rings is 1. The highest BCUT2D eigenvalue weighted by atomic mass is 32.2. The SMILES string of the molecule is C[C@@H]1CN(c2nc(=O)n3c4c(c(-c5ccc(F)cc5)c(C(F)(F)F)cc24)SC[C@@H](N2CCOCC2)C3)C[C@H](C)N1C(=O)OC(C)(C)C. The van der Waals surface area contributed by atoms with E-state index >= 15 is 13.2 Å².